The van der Waals surface area contributed by atoms with Crippen molar-refractivity contribution >= 4 is 51.5 Å². The van der Waals surface area contributed by atoms with Gasteiger partial charge in [0.2, 0.25) is 0 Å². The zero-order valence-corrected chi connectivity index (χ0v) is 14.6. The lowest BCUT2D eigenvalue weighted by Crippen LogP contribution is -2.09. The van der Waals surface area contributed by atoms with E-state index in [-0.39, 0.29) is 11.1 Å². The van der Waals surface area contributed by atoms with E-state index in [4.69, 9.17) is 23.2 Å². The Morgan fingerprint density at radius 3 is 2.55 bits per heavy atom. The highest BCUT2D eigenvalue weighted by Crippen LogP contribution is 2.34. The maximum Gasteiger partial charge on any atom is 0.142 e. The predicted octanol–water partition coefficient (Wildman–Crippen LogP) is 6.22. The average Bonchev–Trinajstić information content (AvgIpc) is 2.39. The van der Waals surface area contributed by atoms with E-state index in [1.54, 1.807) is 0 Å². The normalized spacial score (nSPS) is 12.3. The summed E-state index contributed by atoms with van der Waals surface area (Å²) in [4.78, 5) is 0. The topological polar surface area (TPSA) is 12.0 Å². The number of aryl methyl sites for hydroxylation is 1. The molecule has 0 aromatic heterocycles. The molecule has 0 fully saturated rings. The van der Waals surface area contributed by atoms with Crippen LogP contribution in [0.4, 0.5) is 10.1 Å². The lowest BCUT2D eigenvalue weighted by Gasteiger charge is -2.19. The first-order valence-corrected chi connectivity index (χ1v) is 7.89. The molecule has 1 N–H and O–H groups in total. The fraction of sp³-hybridized carbons (Fsp3) is 0.200. The second-order valence-corrected chi connectivity index (χ2v) is 6.53. The summed E-state index contributed by atoms with van der Waals surface area (Å²) < 4.78 is 14.7. The smallest absolute Gasteiger partial charge is 0.142 e. The third kappa shape index (κ3) is 3.38. The van der Waals surface area contributed by atoms with Crippen molar-refractivity contribution in [2.45, 2.75) is 19.9 Å². The molecule has 0 bridgehead atoms. The molecule has 0 radical (unpaired) electrons. The van der Waals surface area contributed by atoms with E-state index in [0.717, 1.165) is 9.26 Å². The lowest BCUT2D eigenvalue weighted by molar-refractivity contribution is 0.624. The largest absolute Gasteiger partial charge is 0.378 e. The molecule has 1 atom stereocenters. The molecule has 0 saturated carbocycles. The summed E-state index contributed by atoms with van der Waals surface area (Å²) in [7, 11) is 0. The molecule has 20 heavy (non-hydrogen) atoms. The van der Waals surface area contributed by atoms with Crippen LogP contribution in [0.25, 0.3) is 0 Å². The van der Waals surface area contributed by atoms with Gasteiger partial charge in [-0.2, -0.15) is 0 Å². The van der Waals surface area contributed by atoms with Gasteiger partial charge in [0.25, 0.3) is 0 Å². The van der Waals surface area contributed by atoms with Crippen LogP contribution in [-0.4, -0.2) is 0 Å². The molecular formula is C15H13Cl2FIN. The molecule has 0 aliphatic heterocycles. The van der Waals surface area contributed by atoms with Crippen LogP contribution >= 0.6 is 45.8 Å². The van der Waals surface area contributed by atoms with Crippen molar-refractivity contribution in [1.29, 1.82) is 0 Å². The predicted molar refractivity (Wildman–Crippen MR) is 92.4 cm³/mol. The Kier molecular flexibility index (Phi) is 5.15. The summed E-state index contributed by atoms with van der Waals surface area (Å²) in [5.41, 5.74) is 2.73. The van der Waals surface area contributed by atoms with Gasteiger partial charge in [0.05, 0.1) is 11.1 Å². The SMILES string of the molecule is Cc1ccc(NC(C)c2c(Cl)ccc(F)c2Cl)cc1I. The molecule has 106 valence electrons. The van der Waals surface area contributed by atoms with E-state index in [2.05, 4.69) is 34.8 Å². The number of hydrogen-bond acceptors (Lipinski definition) is 1. The van der Waals surface area contributed by atoms with Gasteiger partial charge in [-0.15, -0.1) is 0 Å². The number of anilines is 1. The van der Waals surface area contributed by atoms with E-state index in [0.29, 0.717) is 10.6 Å². The summed E-state index contributed by atoms with van der Waals surface area (Å²) in [6.45, 7) is 3.95. The van der Waals surface area contributed by atoms with Gasteiger partial charge < -0.3 is 5.32 Å². The number of halogens is 4. The molecule has 0 saturated heterocycles. The third-order valence-electron chi connectivity index (χ3n) is 3.07. The first-order chi connectivity index (χ1) is 9.40. The summed E-state index contributed by atoms with van der Waals surface area (Å²) in [6, 6.07) is 8.66. The maximum absolute atomic E-state index is 13.6. The number of rotatable bonds is 3. The van der Waals surface area contributed by atoms with Crippen molar-refractivity contribution in [3.63, 3.8) is 0 Å². The molecule has 0 spiro atoms. The van der Waals surface area contributed by atoms with E-state index >= 15 is 0 Å². The minimum atomic E-state index is -0.460. The maximum atomic E-state index is 13.6. The highest BCUT2D eigenvalue weighted by Gasteiger charge is 2.17. The third-order valence-corrected chi connectivity index (χ3v) is 4.94. The molecule has 0 aliphatic rings. The van der Waals surface area contributed by atoms with Gasteiger partial charge in [0.1, 0.15) is 5.82 Å². The standard InChI is InChI=1S/C15H13Cl2FIN/c1-8-3-4-10(7-13(8)19)20-9(2)14-11(16)5-6-12(18)15(14)17/h3-7,9,20H,1-2H3. The lowest BCUT2D eigenvalue weighted by atomic mass is 10.1. The summed E-state index contributed by atoms with van der Waals surface area (Å²) in [6.07, 6.45) is 0. The van der Waals surface area contributed by atoms with Crippen molar-refractivity contribution in [2.75, 3.05) is 5.32 Å². The molecule has 0 aliphatic carbocycles. The molecule has 1 unspecified atom stereocenters. The van der Waals surface area contributed by atoms with Gasteiger partial charge in [0.15, 0.2) is 0 Å². The monoisotopic (exact) mass is 423 g/mol. The Labute approximate surface area is 141 Å². The Hall–Kier alpha value is -0.520. The number of benzene rings is 2. The van der Waals surface area contributed by atoms with Crippen LogP contribution in [0.1, 0.15) is 24.1 Å². The number of nitrogens with one attached hydrogen (secondary N) is 1. The molecular weight excluding hydrogens is 411 g/mol. The average molecular weight is 424 g/mol. The molecule has 0 amide bonds. The van der Waals surface area contributed by atoms with Gasteiger partial charge in [-0.05, 0) is 66.3 Å². The van der Waals surface area contributed by atoms with Gasteiger partial charge in [-0.25, -0.2) is 4.39 Å². The van der Waals surface area contributed by atoms with Crippen LogP contribution in [0.5, 0.6) is 0 Å². The van der Waals surface area contributed by atoms with Crippen LogP contribution < -0.4 is 5.32 Å². The fourth-order valence-electron chi connectivity index (χ4n) is 1.94. The molecule has 5 heteroatoms. The number of hydrogen-bond donors (Lipinski definition) is 1. The first-order valence-electron chi connectivity index (χ1n) is 6.06. The molecule has 2 rings (SSSR count). The zero-order valence-electron chi connectivity index (χ0n) is 11.0. The minimum Gasteiger partial charge on any atom is -0.378 e. The van der Waals surface area contributed by atoms with Crippen molar-refractivity contribution < 1.29 is 4.39 Å². The highest BCUT2D eigenvalue weighted by atomic mass is 127. The van der Waals surface area contributed by atoms with Crippen LogP contribution in [0.15, 0.2) is 30.3 Å². The quantitative estimate of drug-likeness (QED) is 0.456. The molecule has 0 heterocycles. The van der Waals surface area contributed by atoms with E-state index in [9.17, 15) is 4.39 Å². The van der Waals surface area contributed by atoms with Crippen LogP contribution in [-0.2, 0) is 0 Å². The Morgan fingerprint density at radius 2 is 1.90 bits per heavy atom. The van der Waals surface area contributed by atoms with Crippen LogP contribution in [0, 0.1) is 16.3 Å². The molecule has 1 nitrogen and oxygen atoms in total. The molecule has 2 aromatic rings. The van der Waals surface area contributed by atoms with Crippen molar-refractivity contribution in [2.24, 2.45) is 0 Å². The Bertz CT molecular complexity index is 646. The van der Waals surface area contributed by atoms with Gasteiger partial charge in [-0.1, -0.05) is 29.3 Å². The van der Waals surface area contributed by atoms with Gasteiger partial charge in [0, 0.05) is 19.8 Å². The second-order valence-electron chi connectivity index (χ2n) is 4.59. The fourth-order valence-corrected chi connectivity index (χ4v) is 3.16. The van der Waals surface area contributed by atoms with Crippen molar-refractivity contribution in [3.8, 4) is 0 Å². The van der Waals surface area contributed by atoms with Crippen LogP contribution in [0.3, 0.4) is 0 Å². The summed E-state index contributed by atoms with van der Waals surface area (Å²) in [5.74, 6) is -0.460. The minimum absolute atomic E-state index is 0.0688. The van der Waals surface area contributed by atoms with Crippen molar-refractivity contribution in [1.82, 2.24) is 0 Å². The Morgan fingerprint density at radius 1 is 1.20 bits per heavy atom. The highest BCUT2D eigenvalue weighted by molar-refractivity contribution is 14.1. The molecule has 2 aromatic carbocycles. The zero-order chi connectivity index (χ0) is 14.9. The van der Waals surface area contributed by atoms with Crippen LogP contribution in [0.2, 0.25) is 10.0 Å². The van der Waals surface area contributed by atoms with E-state index in [1.807, 2.05) is 25.1 Å². The van der Waals surface area contributed by atoms with E-state index in [1.165, 1.54) is 17.7 Å². The van der Waals surface area contributed by atoms with E-state index < -0.39 is 5.82 Å². The summed E-state index contributed by atoms with van der Waals surface area (Å²) in [5, 5.41) is 3.82. The second kappa shape index (κ2) is 6.50. The Balaban J connectivity index is 2.30. The van der Waals surface area contributed by atoms with Gasteiger partial charge >= 0.3 is 0 Å². The summed E-state index contributed by atoms with van der Waals surface area (Å²) >= 11 is 14.4. The first kappa shape index (κ1) is 15.9. The van der Waals surface area contributed by atoms with Crippen molar-refractivity contribution in [3.05, 3.63) is 60.9 Å². The van der Waals surface area contributed by atoms with Gasteiger partial charge in [-0.3, -0.25) is 0 Å².